The number of benzene rings is 1. The molecule has 0 amide bonds. The zero-order valence-electron chi connectivity index (χ0n) is 17.9. The summed E-state index contributed by atoms with van der Waals surface area (Å²) in [6, 6.07) is 0.648. The van der Waals surface area contributed by atoms with Gasteiger partial charge in [-0.2, -0.15) is 13.2 Å². The Labute approximate surface area is 172 Å². The molecule has 0 spiro atoms. The van der Waals surface area contributed by atoms with Crippen LogP contribution in [-0.2, 0) is 17.5 Å². The zero-order valence-corrected chi connectivity index (χ0v) is 18.8. The van der Waals surface area contributed by atoms with Gasteiger partial charge < -0.3 is 4.57 Å². The number of aromatic nitrogens is 1. The predicted molar refractivity (Wildman–Crippen MR) is 111 cm³/mol. The van der Waals surface area contributed by atoms with Crippen LogP contribution in [0, 0.1) is 11.7 Å². The van der Waals surface area contributed by atoms with E-state index in [1.54, 1.807) is 31.4 Å². The maximum absolute atomic E-state index is 14.7. The molecule has 0 saturated heterocycles. The van der Waals surface area contributed by atoms with E-state index in [9.17, 15) is 21.8 Å². The van der Waals surface area contributed by atoms with Crippen molar-refractivity contribution in [2.75, 3.05) is 0 Å². The molecule has 0 aliphatic heterocycles. The molecule has 3 nitrogen and oxygen atoms in total. The molecule has 2 aromatic rings. The number of alkyl halides is 3. The van der Waals surface area contributed by atoms with Crippen molar-refractivity contribution >= 4 is 21.9 Å². The lowest BCUT2D eigenvalue weighted by Crippen LogP contribution is -2.41. The van der Waals surface area contributed by atoms with Gasteiger partial charge in [0.2, 0.25) is 0 Å². The van der Waals surface area contributed by atoms with Crippen LogP contribution in [0.4, 0.5) is 17.6 Å². The van der Waals surface area contributed by atoms with Crippen LogP contribution in [0.25, 0.3) is 10.9 Å². The minimum Gasteiger partial charge on any atom is -0.347 e. The predicted octanol–water partition coefficient (Wildman–Crippen LogP) is 6.22. The van der Waals surface area contributed by atoms with Gasteiger partial charge in [0.05, 0.1) is 15.7 Å². The summed E-state index contributed by atoms with van der Waals surface area (Å²) in [6.07, 6.45) is -3.27. The second-order valence-electron chi connectivity index (χ2n) is 9.15. The SMILES string of the molecule is CC(C)Cn1cc([C@H](N[S@](=O)C(C)(C)C)C(F)(F)F)c2cc(F)c(C(C)C)cc21. The van der Waals surface area contributed by atoms with Crippen LogP contribution in [0.2, 0.25) is 0 Å². The van der Waals surface area contributed by atoms with Crippen LogP contribution in [0.15, 0.2) is 18.3 Å². The number of nitrogens with zero attached hydrogens (tertiary/aromatic N) is 1. The molecule has 2 rings (SSSR count). The highest BCUT2D eigenvalue weighted by molar-refractivity contribution is 7.84. The highest BCUT2D eigenvalue weighted by Crippen LogP contribution is 2.39. The second kappa shape index (κ2) is 8.38. The van der Waals surface area contributed by atoms with E-state index >= 15 is 0 Å². The third-order valence-corrected chi connectivity index (χ3v) is 6.20. The van der Waals surface area contributed by atoms with Gasteiger partial charge in [-0.15, -0.1) is 0 Å². The summed E-state index contributed by atoms with van der Waals surface area (Å²) in [5.74, 6) is -0.448. The van der Waals surface area contributed by atoms with Crippen molar-refractivity contribution in [2.24, 2.45) is 5.92 Å². The van der Waals surface area contributed by atoms with Gasteiger partial charge in [-0.25, -0.2) is 13.3 Å². The maximum Gasteiger partial charge on any atom is 0.408 e. The molecule has 1 heterocycles. The molecule has 0 radical (unpaired) electrons. The van der Waals surface area contributed by atoms with Crippen molar-refractivity contribution < 1.29 is 21.8 Å². The molecule has 0 saturated carbocycles. The molecule has 8 heteroatoms. The first-order valence-corrected chi connectivity index (χ1v) is 10.8. The lowest BCUT2D eigenvalue weighted by molar-refractivity contribution is -0.152. The maximum atomic E-state index is 14.7. The fraction of sp³-hybridized carbons (Fsp3) is 0.619. The summed E-state index contributed by atoms with van der Waals surface area (Å²) >= 11 is 0. The Morgan fingerprint density at radius 2 is 1.66 bits per heavy atom. The first-order valence-electron chi connectivity index (χ1n) is 9.69. The van der Waals surface area contributed by atoms with E-state index in [1.165, 1.54) is 12.3 Å². The highest BCUT2D eigenvalue weighted by Gasteiger charge is 2.44. The Hall–Kier alpha value is -1.41. The number of nitrogens with one attached hydrogen (secondary N) is 1. The van der Waals surface area contributed by atoms with Crippen LogP contribution in [0.5, 0.6) is 0 Å². The van der Waals surface area contributed by atoms with E-state index in [0.29, 0.717) is 17.6 Å². The number of halogens is 4. The molecule has 1 aromatic carbocycles. The monoisotopic (exact) mass is 434 g/mol. The Bertz CT molecular complexity index is 895. The molecule has 0 aliphatic carbocycles. The Balaban J connectivity index is 2.73. The minimum absolute atomic E-state index is 0.102. The smallest absolute Gasteiger partial charge is 0.347 e. The number of hydrogen-bond acceptors (Lipinski definition) is 1. The van der Waals surface area contributed by atoms with Gasteiger partial charge in [-0.05, 0) is 50.3 Å². The molecular weight excluding hydrogens is 404 g/mol. The summed E-state index contributed by atoms with van der Waals surface area (Å²) in [5, 5.41) is 0.188. The van der Waals surface area contributed by atoms with Crippen LogP contribution < -0.4 is 4.72 Å². The lowest BCUT2D eigenvalue weighted by atomic mass is 9.98. The molecule has 29 heavy (non-hydrogen) atoms. The van der Waals surface area contributed by atoms with Crippen LogP contribution in [0.3, 0.4) is 0 Å². The van der Waals surface area contributed by atoms with Crippen LogP contribution >= 0.6 is 0 Å². The molecule has 1 aromatic heterocycles. The summed E-state index contributed by atoms with van der Waals surface area (Å²) in [4.78, 5) is 0. The van der Waals surface area contributed by atoms with Gasteiger partial charge in [-0.1, -0.05) is 27.7 Å². The Morgan fingerprint density at radius 3 is 2.10 bits per heavy atom. The van der Waals surface area contributed by atoms with Crippen molar-refractivity contribution in [3.05, 3.63) is 35.3 Å². The molecule has 0 bridgehead atoms. The number of hydrogen-bond donors (Lipinski definition) is 1. The van der Waals surface area contributed by atoms with Gasteiger partial charge in [0.1, 0.15) is 11.9 Å². The van der Waals surface area contributed by atoms with Gasteiger partial charge >= 0.3 is 6.18 Å². The molecule has 1 N–H and O–H groups in total. The van der Waals surface area contributed by atoms with Gasteiger partial charge in [0.15, 0.2) is 0 Å². The summed E-state index contributed by atoms with van der Waals surface area (Å²) < 4.78 is 72.1. The van der Waals surface area contributed by atoms with Crippen molar-refractivity contribution in [1.29, 1.82) is 0 Å². The number of fused-ring (bicyclic) bond motifs is 1. The Kier molecular flexibility index (Phi) is 6.89. The standard InChI is InChI=1S/C21H30F4N2OS/c1-12(2)10-27-11-16(15-8-17(22)14(13(3)4)9-18(15)27)19(21(23,24)25)26-29(28)20(5,6)7/h8-9,11-13,19,26H,10H2,1-7H3/t19-,29+/m0/s1. The van der Waals surface area contributed by atoms with E-state index in [-0.39, 0.29) is 22.8 Å². The third-order valence-electron chi connectivity index (χ3n) is 4.63. The minimum atomic E-state index is -4.69. The second-order valence-corrected chi connectivity index (χ2v) is 11.1. The molecule has 164 valence electrons. The fourth-order valence-electron chi connectivity index (χ4n) is 3.16. The molecule has 0 fully saturated rings. The average Bonchev–Trinajstić information content (AvgIpc) is 2.85. The van der Waals surface area contributed by atoms with Crippen LogP contribution in [0.1, 0.15) is 71.6 Å². The largest absolute Gasteiger partial charge is 0.408 e. The van der Waals surface area contributed by atoms with E-state index < -0.39 is 33.8 Å². The first kappa shape index (κ1) is 23.9. The van der Waals surface area contributed by atoms with Crippen molar-refractivity contribution in [3.63, 3.8) is 0 Å². The van der Waals surface area contributed by atoms with Crippen molar-refractivity contribution in [3.8, 4) is 0 Å². The number of rotatable bonds is 6. The molecule has 0 aliphatic rings. The molecule has 2 atom stereocenters. The fourth-order valence-corrected chi connectivity index (χ4v) is 3.99. The molecular formula is C21H30F4N2OS. The van der Waals surface area contributed by atoms with Gasteiger partial charge in [0.25, 0.3) is 0 Å². The first-order chi connectivity index (χ1) is 13.1. The third kappa shape index (κ3) is 5.40. The van der Waals surface area contributed by atoms with E-state index in [0.717, 1.165) is 0 Å². The topological polar surface area (TPSA) is 34.0 Å². The van der Waals surface area contributed by atoms with E-state index in [2.05, 4.69) is 4.72 Å². The van der Waals surface area contributed by atoms with Gasteiger partial charge in [-0.3, -0.25) is 0 Å². The van der Waals surface area contributed by atoms with Crippen LogP contribution in [-0.4, -0.2) is 19.7 Å². The normalized spacial score (nSPS) is 15.5. The Morgan fingerprint density at radius 1 is 1.07 bits per heavy atom. The van der Waals surface area contributed by atoms with E-state index in [1.807, 2.05) is 27.7 Å². The average molecular weight is 435 g/mol. The molecule has 0 unspecified atom stereocenters. The zero-order chi connectivity index (χ0) is 22.3. The van der Waals surface area contributed by atoms with Crippen molar-refractivity contribution in [2.45, 2.75) is 77.9 Å². The summed E-state index contributed by atoms with van der Waals surface area (Å²) in [6.45, 7) is 12.9. The van der Waals surface area contributed by atoms with Crippen molar-refractivity contribution in [1.82, 2.24) is 9.29 Å². The lowest BCUT2D eigenvalue weighted by Gasteiger charge is -2.26. The van der Waals surface area contributed by atoms with Gasteiger partial charge in [0, 0.05) is 29.2 Å². The summed E-state index contributed by atoms with van der Waals surface area (Å²) in [5.41, 5.74) is 0.901. The van der Waals surface area contributed by atoms with E-state index in [4.69, 9.17) is 0 Å². The highest BCUT2D eigenvalue weighted by atomic mass is 32.2. The quantitative estimate of drug-likeness (QED) is 0.539. The summed E-state index contributed by atoms with van der Waals surface area (Å²) in [7, 11) is -1.95.